The van der Waals surface area contributed by atoms with Crippen LogP contribution in [0.2, 0.25) is 0 Å². The van der Waals surface area contributed by atoms with Crippen molar-refractivity contribution < 1.29 is 22.4 Å². The van der Waals surface area contributed by atoms with Crippen LogP contribution in [0.1, 0.15) is 185 Å². The van der Waals surface area contributed by atoms with Crippen LogP contribution in [0.5, 0.6) is 0 Å². The van der Waals surface area contributed by atoms with E-state index in [1.165, 1.54) is 57.7 Å². The summed E-state index contributed by atoms with van der Waals surface area (Å²) >= 11 is 0. The number of nitrogens with one attached hydrogen (secondary N) is 2. The Morgan fingerprint density at radius 3 is 1.40 bits per heavy atom. The number of aromatic nitrogens is 3. The molecule has 6 rings (SSSR count). The molecular formula is C48H83N9O5S. The molecule has 0 bridgehead atoms. The van der Waals surface area contributed by atoms with Gasteiger partial charge in [0.25, 0.3) is 0 Å². The first-order chi connectivity index (χ1) is 29.8. The number of piperidine rings is 2. The second-order valence-corrected chi connectivity index (χ2v) is 23.0. The van der Waals surface area contributed by atoms with Gasteiger partial charge in [0.05, 0.1) is 17.1 Å². The van der Waals surface area contributed by atoms with Gasteiger partial charge in [0.1, 0.15) is 0 Å². The third kappa shape index (κ3) is 12.4. The van der Waals surface area contributed by atoms with Gasteiger partial charge >= 0.3 is 10.1 Å². The van der Waals surface area contributed by atoms with Gasteiger partial charge in [-0.3, -0.25) is 9.68 Å². The summed E-state index contributed by atoms with van der Waals surface area (Å²) in [5.74, 6) is 1.75. The van der Waals surface area contributed by atoms with Crippen molar-refractivity contribution in [2.24, 2.45) is 0 Å². The lowest BCUT2D eigenvalue weighted by molar-refractivity contribution is -0.310. The largest absolute Gasteiger partial charge is 0.337 e. The number of hydrogen-bond donors (Lipinski definition) is 2. The summed E-state index contributed by atoms with van der Waals surface area (Å²) in [5.41, 5.74) is 2.00. The first-order valence-corrected chi connectivity index (χ1v) is 25.9. The Morgan fingerprint density at radius 1 is 0.635 bits per heavy atom. The smallest absolute Gasteiger partial charge is 0.312 e. The molecule has 2 aliphatic heterocycles. The maximum atomic E-state index is 12.7. The second-order valence-electron chi connectivity index (χ2n) is 21.4. The van der Waals surface area contributed by atoms with E-state index >= 15 is 0 Å². The number of rotatable bonds is 19. The topological polar surface area (TPSA) is 138 Å². The van der Waals surface area contributed by atoms with E-state index in [-0.39, 0.29) is 51.3 Å². The summed E-state index contributed by atoms with van der Waals surface area (Å²) in [5, 5.41) is 8.14. The number of benzene rings is 1. The molecule has 356 valence electrons. The van der Waals surface area contributed by atoms with E-state index in [0.717, 1.165) is 90.1 Å². The predicted octanol–water partition coefficient (Wildman–Crippen LogP) is 10.2. The molecule has 15 heteroatoms. The minimum atomic E-state index is -3.96. The minimum Gasteiger partial charge on any atom is -0.337 e. The normalized spacial score (nSPS) is 22.8. The highest BCUT2D eigenvalue weighted by Crippen LogP contribution is 2.45. The van der Waals surface area contributed by atoms with Crippen LogP contribution in [0.15, 0.2) is 29.2 Å². The van der Waals surface area contributed by atoms with Gasteiger partial charge in [-0.25, -0.2) is 0 Å². The molecule has 4 aliphatic rings. The van der Waals surface area contributed by atoms with Crippen LogP contribution in [0.4, 0.5) is 23.5 Å². The average molecular weight is 898 g/mol. The van der Waals surface area contributed by atoms with Gasteiger partial charge in [0.15, 0.2) is 0 Å². The average Bonchev–Trinajstić information content (AvgIpc) is 3.21. The van der Waals surface area contributed by atoms with Gasteiger partial charge in [0.2, 0.25) is 17.8 Å². The maximum Gasteiger partial charge on any atom is 0.312 e. The molecule has 14 nitrogen and oxygen atoms in total. The lowest BCUT2D eigenvalue weighted by Gasteiger charge is -2.57. The summed E-state index contributed by atoms with van der Waals surface area (Å²) in [6.45, 7) is 24.8. The lowest BCUT2D eigenvalue weighted by Crippen LogP contribution is -2.65. The Morgan fingerprint density at radius 2 is 1.03 bits per heavy atom. The van der Waals surface area contributed by atoms with Crippen LogP contribution in [0, 0.1) is 0 Å². The number of anilines is 4. The van der Waals surface area contributed by atoms with E-state index in [4.69, 9.17) is 28.9 Å². The molecular weight excluding hydrogens is 815 g/mol. The van der Waals surface area contributed by atoms with Crippen LogP contribution >= 0.6 is 0 Å². The molecule has 2 saturated heterocycles. The van der Waals surface area contributed by atoms with E-state index in [1.54, 1.807) is 12.1 Å². The molecule has 0 spiro atoms. The highest BCUT2D eigenvalue weighted by Gasteiger charge is 2.51. The van der Waals surface area contributed by atoms with Crippen molar-refractivity contribution in [3.05, 3.63) is 24.3 Å². The van der Waals surface area contributed by atoms with Crippen molar-refractivity contribution in [1.82, 2.24) is 30.6 Å². The zero-order chi connectivity index (χ0) is 45.6. The van der Waals surface area contributed by atoms with E-state index in [1.807, 2.05) is 0 Å². The molecule has 2 aromatic rings. The molecule has 63 heavy (non-hydrogen) atoms. The lowest BCUT2D eigenvalue weighted by atomic mass is 9.78. The van der Waals surface area contributed by atoms with Gasteiger partial charge in [-0.1, -0.05) is 65.2 Å². The Hall–Kier alpha value is -2.66. The molecule has 2 aliphatic carbocycles. The predicted molar refractivity (Wildman–Crippen MR) is 253 cm³/mol. The molecule has 2 saturated carbocycles. The fourth-order valence-corrected chi connectivity index (χ4v) is 12.1. The molecule has 0 unspecified atom stereocenters. The fraction of sp³-hybridized carbons (Fsp3) is 0.812. The number of nitrogens with zero attached hydrogens (tertiary/aromatic N) is 7. The van der Waals surface area contributed by atoms with Crippen LogP contribution in [-0.2, 0) is 24.1 Å². The van der Waals surface area contributed by atoms with E-state index in [2.05, 4.69) is 100.0 Å². The molecule has 0 radical (unpaired) electrons. The molecule has 1 aromatic carbocycles. The van der Waals surface area contributed by atoms with Crippen molar-refractivity contribution >= 4 is 33.7 Å². The van der Waals surface area contributed by atoms with Crippen LogP contribution < -0.4 is 20.6 Å². The Kier molecular flexibility index (Phi) is 16.5. The number of hydroxylamine groups is 5. The Balaban J connectivity index is 1.39. The minimum absolute atomic E-state index is 0.0454. The van der Waals surface area contributed by atoms with Crippen LogP contribution in [-0.4, -0.2) is 100 Å². The van der Waals surface area contributed by atoms with Gasteiger partial charge in [-0.2, -0.15) is 43.3 Å². The van der Waals surface area contributed by atoms with Crippen LogP contribution in [0.3, 0.4) is 0 Å². The van der Waals surface area contributed by atoms with Gasteiger partial charge in [0, 0.05) is 60.1 Å². The van der Waals surface area contributed by atoms with Crippen molar-refractivity contribution in [3.8, 4) is 0 Å². The quantitative estimate of drug-likeness (QED) is 0.129. The molecule has 1 aromatic heterocycles. The number of hydrogen-bond acceptors (Lipinski definition) is 14. The molecule has 2 N–H and O–H groups in total. The first-order valence-electron chi connectivity index (χ1n) is 24.5. The summed E-state index contributed by atoms with van der Waals surface area (Å²) in [6, 6.07) is 6.79. The van der Waals surface area contributed by atoms with Crippen molar-refractivity contribution in [2.45, 2.75) is 236 Å². The third-order valence-electron chi connectivity index (χ3n) is 13.9. The highest BCUT2D eigenvalue weighted by molar-refractivity contribution is 7.86. The SMILES string of the molecule is CCCCN(c1nc(Nc2ccc(S(=O)(=O)ONC)cc2)nc(N(CCCC)C2CC(C)(C)N(OC3CCCCC3)C(C)(C)C2)n1)C1CC(C)(C)N(OC2CCCCC2)C(C)(C)C1. The van der Waals surface area contributed by atoms with E-state index in [9.17, 15) is 8.42 Å². The standard InChI is InChI=1S/C48H83N9O5S/c1-12-14-30-54(37-32-45(3,4)56(46(5,6)33-37)60-39-22-18-16-19-23-39)43-51-42(50-36-26-28-41(29-27-36)63(58,59)62-49-11)52-44(53-43)55(31-15-13-2)38-34-47(7,8)57(48(9,10)35-38)61-40-24-20-17-21-25-40/h26-29,37-40,49H,12-25,30-35H2,1-11H3,(H,50,51,52,53). The fourth-order valence-electron chi connectivity index (χ4n) is 11.3. The summed E-state index contributed by atoms with van der Waals surface area (Å²) in [6.07, 6.45) is 20.2. The third-order valence-corrected chi connectivity index (χ3v) is 15.1. The van der Waals surface area contributed by atoms with Gasteiger partial charge in [-0.05, 0) is 144 Å². The monoisotopic (exact) mass is 898 g/mol. The van der Waals surface area contributed by atoms with Crippen molar-refractivity contribution in [1.29, 1.82) is 0 Å². The maximum absolute atomic E-state index is 12.7. The Bertz CT molecular complexity index is 1740. The van der Waals surface area contributed by atoms with Gasteiger partial charge in [-0.15, -0.1) is 0 Å². The zero-order valence-corrected chi connectivity index (χ0v) is 41.7. The second kappa shape index (κ2) is 20.9. The molecule has 0 atom stereocenters. The highest BCUT2D eigenvalue weighted by atomic mass is 32.2. The van der Waals surface area contributed by atoms with E-state index in [0.29, 0.717) is 23.5 Å². The molecule has 3 heterocycles. The summed E-state index contributed by atoms with van der Waals surface area (Å²) in [4.78, 5) is 34.8. The van der Waals surface area contributed by atoms with Crippen molar-refractivity contribution in [3.63, 3.8) is 0 Å². The van der Waals surface area contributed by atoms with E-state index < -0.39 is 10.1 Å². The summed E-state index contributed by atoms with van der Waals surface area (Å²) < 4.78 is 30.2. The molecule has 4 fully saturated rings. The summed E-state index contributed by atoms with van der Waals surface area (Å²) in [7, 11) is -2.54. The van der Waals surface area contributed by atoms with Crippen LogP contribution in [0.25, 0.3) is 0 Å². The molecule has 0 amide bonds. The zero-order valence-electron chi connectivity index (χ0n) is 40.8. The van der Waals surface area contributed by atoms with Gasteiger partial charge < -0.3 is 15.1 Å². The Labute approximate surface area is 381 Å². The first kappa shape index (κ1) is 49.8. The van der Waals surface area contributed by atoms with Crippen molar-refractivity contribution in [2.75, 3.05) is 35.3 Å². The number of unbranched alkanes of at least 4 members (excludes halogenated alkanes) is 2.